The summed E-state index contributed by atoms with van der Waals surface area (Å²) in [5.74, 6) is 1.03. The maximum Gasteiger partial charge on any atom is 0.268 e. The maximum absolute atomic E-state index is 12.5. The van der Waals surface area contributed by atoms with Crippen molar-refractivity contribution in [3.05, 3.63) is 24.3 Å². The molecule has 1 aliphatic heterocycles. The summed E-state index contributed by atoms with van der Waals surface area (Å²) in [5.41, 5.74) is 6.40. The second-order valence-electron chi connectivity index (χ2n) is 5.24. The molecule has 2 rings (SSSR count). The lowest BCUT2D eigenvalue weighted by atomic mass is 10.0. The Bertz CT molecular complexity index is 446. The van der Waals surface area contributed by atoms with Crippen LogP contribution in [0.1, 0.15) is 26.7 Å². The van der Waals surface area contributed by atoms with Crippen LogP contribution in [0.5, 0.6) is 5.75 Å². The van der Waals surface area contributed by atoms with Gasteiger partial charge >= 0.3 is 0 Å². The van der Waals surface area contributed by atoms with E-state index in [0.717, 1.165) is 24.3 Å². The van der Waals surface area contributed by atoms with E-state index in [1.54, 1.807) is 0 Å². The number of nitrogens with zero attached hydrogens (tertiary/aromatic N) is 1. The number of carbonyl (C=O) groups is 1. The average Bonchev–Trinajstić information content (AvgIpc) is 2.40. The van der Waals surface area contributed by atoms with Crippen LogP contribution < -0.4 is 15.4 Å². The van der Waals surface area contributed by atoms with Crippen LogP contribution in [0.4, 0.5) is 5.69 Å². The number of benzene rings is 1. The topological polar surface area (TPSA) is 55.6 Å². The molecule has 19 heavy (non-hydrogen) atoms. The van der Waals surface area contributed by atoms with Crippen molar-refractivity contribution >= 4 is 11.6 Å². The van der Waals surface area contributed by atoms with Crippen LogP contribution in [0, 0.1) is 5.92 Å². The first kappa shape index (κ1) is 13.9. The number of unbranched alkanes of at least 4 members (excludes halogenated alkanes) is 1. The molecule has 1 atom stereocenters. The first-order valence-electron chi connectivity index (χ1n) is 6.92. The Kier molecular flexibility index (Phi) is 4.43. The predicted octanol–water partition coefficient (Wildman–Crippen LogP) is 2.18. The van der Waals surface area contributed by atoms with E-state index in [-0.39, 0.29) is 17.9 Å². The largest absolute Gasteiger partial charge is 0.478 e. The van der Waals surface area contributed by atoms with Gasteiger partial charge in [0, 0.05) is 6.54 Å². The van der Waals surface area contributed by atoms with Crippen LogP contribution in [0.3, 0.4) is 0 Å². The van der Waals surface area contributed by atoms with E-state index in [1.165, 1.54) is 0 Å². The third-order valence-electron chi connectivity index (χ3n) is 3.36. The Morgan fingerprint density at radius 3 is 2.74 bits per heavy atom. The van der Waals surface area contributed by atoms with Crippen molar-refractivity contribution in [2.45, 2.75) is 32.8 Å². The first-order chi connectivity index (χ1) is 9.15. The van der Waals surface area contributed by atoms with Crippen molar-refractivity contribution in [2.75, 3.05) is 18.0 Å². The van der Waals surface area contributed by atoms with Gasteiger partial charge in [-0.3, -0.25) is 4.79 Å². The minimum Gasteiger partial charge on any atom is -0.478 e. The maximum atomic E-state index is 12.5. The predicted molar refractivity (Wildman–Crippen MR) is 76.3 cm³/mol. The van der Waals surface area contributed by atoms with E-state index in [1.807, 2.05) is 43.0 Å². The average molecular weight is 262 g/mol. The quantitative estimate of drug-likeness (QED) is 0.827. The molecular weight excluding hydrogens is 240 g/mol. The zero-order valence-electron chi connectivity index (χ0n) is 11.6. The van der Waals surface area contributed by atoms with Gasteiger partial charge < -0.3 is 15.4 Å². The molecule has 0 aliphatic carbocycles. The Labute approximate surface area is 114 Å². The third kappa shape index (κ3) is 2.89. The van der Waals surface area contributed by atoms with Crippen LogP contribution in [0.2, 0.25) is 0 Å². The van der Waals surface area contributed by atoms with Gasteiger partial charge in [0.1, 0.15) is 5.75 Å². The normalized spacial score (nSPS) is 18.4. The van der Waals surface area contributed by atoms with E-state index >= 15 is 0 Å². The molecule has 1 unspecified atom stereocenters. The number of nitrogens with two attached hydrogens (primary N) is 1. The van der Waals surface area contributed by atoms with Crippen LogP contribution in [0.25, 0.3) is 0 Å². The van der Waals surface area contributed by atoms with Gasteiger partial charge in [-0.05, 0) is 37.4 Å². The summed E-state index contributed by atoms with van der Waals surface area (Å²) in [6.07, 6.45) is 1.47. The molecule has 0 radical (unpaired) electrons. The number of fused-ring (bicyclic) bond motifs is 1. The fourth-order valence-electron chi connectivity index (χ4n) is 2.31. The molecular formula is C15H22N2O2. The lowest BCUT2D eigenvalue weighted by Gasteiger charge is -2.36. The highest BCUT2D eigenvalue weighted by Crippen LogP contribution is 2.35. The lowest BCUT2D eigenvalue weighted by Crippen LogP contribution is -2.48. The third-order valence-corrected chi connectivity index (χ3v) is 3.36. The Hall–Kier alpha value is -1.55. The van der Waals surface area contributed by atoms with Crippen molar-refractivity contribution in [1.82, 2.24) is 0 Å². The highest BCUT2D eigenvalue weighted by molar-refractivity contribution is 6.00. The van der Waals surface area contributed by atoms with Crippen molar-refractivity contribution in [3.8, 4) is 5.75 Å². The molecule has 104 valence electrons. The molecule has 0 spiro atoms. The molecule has 1 amide bonds. The highest BCUT2D eigenvalue weighted by atomic mass is 16.5. The van der Waals surface area contributed by atoms with Gasteiger partial charge in [-0.1, -0.05) is 26.0 Å². The summed E-state index contributed by atoms with van der Waals surface area (Å²) >= 11 is 0. The van der Waals surface area contributed by atoms with Crippen LogP contribution in [-0.2, 0) is 4.79 Å². The molecule has 0 bridgehead atoms. The number of amides is 1. The number of carbonyl (C=O) groups excluding carboxylic acids is 1. The van der Waals surface area contributed by atoms with E-state index in [2.05, 4.69) is 0 Å². The van der Waals surface area contributed by atoms with Gasteiger partial charge in [0.25, 0.3) is 5.91 Å². The molecule has 4 nitrogen and oxygen atoms in total. The van der Waals surface area contributed by atoms with E-state index < -0.39 is 0 Å². The molecule has 1 aliphatic rings. The number of para-hydroxylation sites is 2. The molecule has 1 aromatic carbocycles. The van der Waals surface area contributed by atoms with E-state index in [4.69, 9.17) is 10.5 Å². The van der Waals surface area contributed by atoms with Gasteiger partial charge in [0.15, 0.2) is 6.10 Å². The van der Waals surface area contributed by atoms with Crippen LogP contribution >= 0.6 is 0 Å². The molecule has 1 heterocycles. The molecule has 4 heteroatoms. The monoisotopic (exact) mass is 262 g/mol. The molecule has 0 fully saturated rings. The second-order valence-corrected chi connectivity index (χ2v) is 5.24. The Morgan fingerprint density at radius 2 is 2.05 bits per heavy atom. The second kappa shape index (κ2) is 6.06. The Balaban J connectivity index is 2.25. The van der Waals surface area contributed by atoms with Crippen molar-refractivity contribution in [2.24, 2.45) is 11.7 Å². The summed E-state index contributed by atoms with van der Waals surface area (Å²) in [4.78, 5) is 14.3. The SMILES string of the molecule is CC(C)C1Oc2ccccc2N(CCCCN)C1=O. The minimum absolute atomic E-state index is 0.0609. The molecule has 2 N–H and O–H groups in total. The number of anilines is 1. The lowest BCUT2D eigenvalue weighted by molar-refractivity contribution is -0.128. The van der Waals surface area contributed by atoms with E-state index in [0.29, 0.717) is 13.1 Å². The number of hydrogen-bond acceptors (Lipinski definition) is 3. The smallest absolute Gasteiger partial charge is 0.268 e. The molecule has 0 aromatic heterocycles. The summed E-state index contributed by atoms with van der Waals surface area (Å²) in [6.45, 7) is 5.39. The molecule has 0 saturated carbocycles. The van der Waals surface area contributed by atoms with Gasteiger partial charge in [-0.25, -0.2) is 0 Å². The zero-order valence-corrected chi connectivity index (χ0v) is 11.6. The van der Waals surface area contributed by atoms with Gasteiger partial charge in [0.2, 0.25) is 0 Å². The number of ether oxygens (including phenoxy) is 1. The fraction of sp³-hybridized carbons (Fsp3) is 0.533. The van der Waals surface area contributed by atoms with E-state index in [9.17, 15) is 4.79 Å². The highest BCUT2D eigenvalue weighted by Gasteiger charge is 2.35. The fourth-order valence-corrected chi connectivity index (χ4v) is 2.31. The summed E-state index contributed by atoms with van der Waals surface area (Å²) < 4.78 is 5.83. The van der Waals surface area contributed by atoms with Crippen molar-refractivity contribution in [1.29, 1.82) is 0 Å². The number of hydrogen-bond donors (Lipinski definition) is 1. The standard InChI is InChI=1S/C15H22N2O2/c1-11(2)14-15(18)17(10-6-5-9-16)12-7-3-4-8-13(12)19-14/h3-4,7-8,11,14H,5-6,9-10,16H2,1-2H3. The molecule has 0 saturated heterocycles. The molecule has 1 aromatic rings. The minimum atomic E-state index is -0.382. The summed E-state index contributed by atoms with van der Waals surface area (Å²) in [7, 11) is 0. The first-order valence-corrected chi connectivity index (χ1v) is 6.92. The van der Waals surface area contributed by atoms with Crippen LogP contribution in [0.15, 0.2) is 24.3 Å². The van der Waals surface area contributed by atoms with Crippen molar-refractivity contribution < 1.29 is 9.53 Å². The van der Waals surface area contributed by atoms with Gasteiger partial charge in [-0.2, -0.15) is 0 Å². The van der Waals surface area contributed by atoms with Crippen molar-refractivity contribution in [3.63, 3.8) is 0 Å². The zero-order chi connectivity index (χ0) is 13.8. The van der Waals surface area contributed by atoms with Gasteiger partial charge in [-0.15, -0.1) is 0 Å². The Morgan fingerprint density at radius 1 is 1.32 bits per heavy atom. The number of rotatable bonds is 5. The van der Waals surface area contributed by atoms with Crippen LogP contribution in [-0.4, -0.2) is 25.1 Å². The van der Waals surface area contributed by atoms with Gasteiger partial charge in [0.05, 0.1) is 5.69 Å². The summed E-state index contributed by atoms with van der Waals surface area (Å²) in [6, 6.07) is 7.73. The summed E-state index contributed by atoms with van der Waals surface area (Å²) in [5, 5.41) is 0.